The number of halogens is 1. The second-order valence-corrected chi connectivity index (χ2v) is 4.13. The Hall–Kier alpha value is 0.640. The summed E-state index contributed by atoms with van der Waals surface area (Å²) in [5.41, 5.74) is 0.588. The minimum absolute atomic E-state index is 0.588. The van der Waals surface area contributed by atoms with E-state index in [1.54, 1.807) is 0 Å². The highest BCUT2D eigenvalue weighted by atomic mass is 35.5. The zero-order valence-electron chi connectivity index (χ0n) is 5.82. The molecule has 54 valence electrons. The molecule has 1 saturated carbocycles. The van der Waals surface area contributed by atoms with Gasteiger partial charge in [-0.05, 0) is 36.7 Å². The van der Waals surface area contributed by atoms with E-state index in [9.17, 15) is 0 Å². The second-order valence-electron chi connectivity index (χ2n) is 2.88. The molecule has 0 atom stereocenters. The number of thioether (sulfide) groups is 1. The average molecular weight is 165 g/mol. The molecule has 0 heterocycles. The van der Waals surface area contributed by atoms with Gasteiger partial charge in [-0.3, -0.25) is 0 Å². The molecule has 0 aliphatic heterocycles. The molecule has 0 amide bonds. The third-order valence-corrected chi connectivity index (χ3v) is 3.26. The maximum atomic E-state index is 5.78. The van der Waals surface area contributed by atoms with Crippen molar-refractivity contribution < 1.29 is 0 Å². The van der Waals surface area contributed by atoms with Crippen molar-refractivity contribution in [2.45, 2.75) is 19.3 Å². The van der Waals surface area contributed by atoms with Gasteiger partial charge in [0.15, 0.2) is 0 Å². The Morgan fingerprint density at radius 3 is 2.56 bits per heavy atom. The summed E-state index contributed by atoms with van der Waals surface area (Å²) in [5.74, 6) is 2.17. The summed E-state index contributed by atoms with van der Waals surface area (Å²) < 4.78 is 0. The monoisotopic (exact) mass is 164 g/mol. The Bertz CT molecular complexity index is 88.9. The van der Waals surface area contributed by atoms with E-state index < -0.39 is 0 Å². The minimum atomic E-state index is 0.588. The predicted octanol–water partition coefficient (Wildman–Crippen LogP) is 2.76. The van der Waals surface area contributed by atoms with E-state index in [2.05, 4.69) is 6.26 Å². The molecule has 0 saturated heterocycles. The molecule has 0 radical (unpaired) electrons. The first-order valence-electron chi connectivity index (χ1n) is 3.38. The first-order chi connectivity index (χ1) is 4.33. The van der Waals surface area contributed by atoms with Gasteiger partial charge in [-0.15, -0.1) is 11.6 Å². The van der Waals surface area contributed by atoms with Crippen LogP contribution in [0.2, 0.25) is 0 Å². The molecule has 1 fully saturated rings. The van der Waals surface area contributed by atoms with Gasteiger partial charge in [-0.1, -0.05) is 0 Å². The van der Waals surface area contributed by atoms with E-state index in [-0.39, 0.29) is 0 Å². The highest BCUT2D eigenvalue weighted by Crippen LogP contribution is 2.49. The third kappa shape index (κ3) is 2.05. The Balaban J connectivity index is 2.10. The SMILES string of the molecule is CSCCC1(CCl)CC1. The zero-order chi connectivity index (χ0) is 6.74. The van der Waals surface area contributed by atoms with Crippen molar-refractivity contribution >= 4 is 23.4 Å². The van der Waals surface area contributed by atoms with Crippen molar-refractivity contribution in [2.24, 2.45) is 5.41 Å². The molecule has 0 nitrogen and oxygen atoms in total. The van der Waals surface area contributed by atoms with Crippen molar-refractivity contribution in [1.29, 1.82) is 0 Å². The largest absolute Gasteiger partial charge is 0.165 e. The van der Waals surface area contributed by atoms with Crippen LogP contribution in [0.3, 0.4) is 0 Å². The lowest BCUT2D eigenvalue weighted by molar-refractivity contribution is 0.564. The molecule has 1 aliphatic rings. The summed E-state index contributed by atoms with van der Waals surface area (Å²) in [4.78, 5) is 0. The van der Waals surface area contributed by atoms with Crippen LogP contribution in [0, 0.1) is 5.41 Å². The topological polar surface area (TPSA) is 0 Å². The molecule has 1 aliphatic carbocycles. The molecule has 0 unspecified atom stereocenters. The Labute approximate surface area is 66.3 Å². The normalized spacial score (nSPS) is 22.0. The number of hydrogen-bond acceptors (Lipinski definition) is 1. The first kappa shape index (κ1) is 7.74. The van der Waals surface area contributed by atoms with Crippen LogP contribution in [0.25, 0.3) is 0 Å². The van der Waals surface area contributed by atoms with E-state index >= 15 is 0 Å². The van der Waals surface area contributed by atoms with Crippen molar-refractivity contribution in [1.82, 2.24) is 0 Å². The van der Waals surface area contributed by atoms with Crippen molar-refractivity contribution in [3.05, 3.63) is 0 Å². The molecule has 9 heavy (non-hydrogen) atoms. The molecule has 0 spiro atoms. The fourth-order valence-electron chi connectivity index (χ4n) is 0.946. The van der Waals surface area contributed by atoms with E-state index in [1.807, 2.05) is 11.8 Å². The summed E-state index contributed by atoms with van der Waals surface area (Å²) in [6.45, 7) is 0. The highest BCUT2D eigenvalue weighted by molar-refractivity contribution is 7.98. The first-order valence-corrected chi connectivity index (χ1v) is 5.31. The number of alkyl halides is 1. The quantitative estimate of drug-likeness (QED) is 0.576. The highest BCUT2D eigenvalue weighted by Gasteiger charge is 2.40. The van der Waals surface area contributed by atoms with Crippen molar-refractivity contribution in [2.75, 3.05) is 17.9 Å². The number of hydrogen-bond donors (Lipinski definition) is 0. The fraction of sp³-hybridized carbons (Fsp3) is 1.00. The minimum Gasteiger partial charge on any atom is -0.165 e. The molecular weight excluding hydrogens is 152 g/mol. The van der Waals surface area contributed by atoms with Crippen LogP contribution in [-0.2, 0) is 0 Å². The van der Waals surface area contributed by atoms with Gasteiger partial charge in [0.2, 0.25) is 0 Å². The number of rotatable bonds is 4. The van der Waals surface area contributed by atoms with E-state index in [1.165, 1.54) is 25.0 Å². The molecule has 0 aromatic carbocycles. The van der Waals surface area contributed by atoms with Gasteiger partial charge < -0.3 is 0 Å². The van der Waals surface area contributed by atoms with Crippen LogP contribution >= 0.6 is 23.4 Å². The third-order valence-electron chi connectivity index (χ3n) is 2.08. The smallest absolute Gasteiger partial charge is 0.0280 e. The van der Waals surface area contributed by atoms with Crippen LogP contribution in [0.15, 0.2) is 0 Å². The molecule has 0 aromatic heterocycles. The summed E-state index contributed by atoms with van der Waals surface area (Å²) in [5, 5.41) is 0. The molecular formula is C7H13ClS. The van der Waals surface area contributed by atoms with Crippen LogP contribution in [0.4, 0.5) is 0 Å². The van der Waals surface area contributed by atoms with E-state index in [0.29, 0.717) is 5.41 Å². The van der Waals surface area contributed by atoms with E-state index in [0.717, 1.165) is 5.88 Å². The predicted molar refractivity (Wildman–Crippen MR) is 45.4 cm³/mol. The standard InChI is InChI=1S/C7H13ClS/c1-9-5-4-7(6-8)2-3-7/h2-6H2,1H3. The fourth-order valence-corrected chi connectivity index (χ4v) is 1.98. The van der Waals surface area contributed by atoms with Crippen molar-refractivity contribution in [3.8, 4) is 0 Å². The summed E-state index contributed by atoms with van der Waals surface area (Å²) in [6, 6.07) is 0. The Morgan fingerprint density at radius 2 is 2.22 bits per heavy atom. The Kier molecular flexibility index (Phi) is 2.72. The summed E-state index contributed by atoms with van der Waals surface area (Å²) >= 11 is 7.71. The van der Waals surface area contributed by atoms with Crippen molar-refractivity contribution in [3.63, 3.8) is 0 Å². The molecule has 2 heteroatoms. The summed E-state index contributed by atoms with van der Waals surface area (Å²) in [7, 11) is 0. The lowest BCUT2D eigenvalue weighted by Gasteiger charge is -2.07. The lowest BCUT2D eigenvalue weighted by Crippen LogP contribution is -2.02. The lowest BCUT2D eigenvalue weighted by atomic mass is 10.1. The summed E-state index contributed by atoms with van der Waals surface area (Å²) in [6.07, 6.45) is 6.23. The Morgan fingerprint density at radius 1 is 1.56 bits per heavy atom. The second kappa shape index (κ2) is 3.16. The van der Waals surface area contributed by atoms with Crippen LogP contribution in [0.1, 0.15) is 19.3 Å². The molecule has 0 aromatic rings. The van der Waals surface area contributed by atoms with Gasteiger partial charge in [0, 0.05) is 5.88 Å². The van der Waals surface area contributed by atoms with Gasteiger partial charge in [-0.25, -0.2) is 0 Å². The van der Waals surface area contributed by atoms with Gasteiger partial charge in [0.05, 0.1) is 0 Å². The average Bonchev–Trinajstić information content (AvgIpc) is 2.65. The van der Waals surface area contributed by atoms with Gasteiger partial charge >= 0.3 is 0 Å². The van der Waals surface area contributed by atoms with Crippen LogP contribution in [-0.4, -0.2) is 17.9 Å². The molecule has 0 bridgehead atoms. The van der Waals surface area contributed by atoms with Crippen LogP contribution in [0.5, 0.6) is 0 Å². The van der Waals surface area contributed by atoms with Crippen LogP contribution < -0.4 is 0 Å². The molecule has 1 rings (SSSR count). The van der Waals surface area contributed by atoms with Gasteiger partial charge in [-0.2, -0.15) is 11.8 Å². The zero-order valence-corrected chi connectivity index (χ0v) is 7.39. The van der Waals surface area contributed by atoms with E-state index in [4.69, 9.17) is 11.6 Å². The maximum Gasteiger partial charge on any atom is 0.0280 e. The maximum absolute atomic E-state index is 5.78. The van der Waals surface area contributed by atoms with Gasteiger partial charge in [0.25, 0.3) is 0 Å². The van der Waals surface area contributed by atoms with Gasteiger partial charge in [0.1, 0.15) is 0 Å². The molecule has 0 N–H and O–H groups in total.